The van der Waals surface area contributed by atoms with Gasteiger partial charge in [0.15, 0.2) is 0 Å². The van der Waals surface area contributed by atoms with Crippen LogP contribution in [-0.4, -0.2) is 30.6 Å². The Hall–Kier alpha value is -0.640. The Labute approximate surface area is 119 Å². The first-order chi connectivity index (χ1) is 8.88. The highest BCUT2D eigenvalue weighted by atomic mass is 35.5. The molecule has 106 valence electrons. The molecular weight excluding hydrogens is 263 g/mol. The van der Waals surface area contributed by atoms with Crippen LogP contribution in [0, 0.1) is 11.2 Å². The summed E-state index contributed by atoms with van der Waals surface area (Å²) in [5.74, 6) is -0.210. The Kier molecular flexibility index (Phi) is 4.49. The standard InChI is InChI=1S/C15H22ClFN2/c1-15(2,3)14-9-18-6-7-19(14)10-11-4-5-12(16)8-13(11)17/h4-5,8,14,18H,6-7,9-10H2,1-3H3. The van der Waals surface area contributed by atoms with E-state index in [-0.39, 0.29) is 11.2 Å². The molecule has 1 unspecified atom stereocenters. The van der Waals surface area contributed by atoms with Gasteiger partial charge >= 0.3 is 0 Å². The molecule has 1 aliphatic heterocycles. The van der Waals surface area contributed by atoms with Crippen LogP contribution in [0.25, 0.3) is 0 Å². The van der Waals surface area contributed by atoms with Crippen molar-refractivity contribution in [1.82, 2.24) is 10.2 Å². The van der Waals surface area contributed by atoms with Crippen LogP contribution in [0.5, 0.6) is 0 Å². The number of nitrogens with zero attached hydrogens (tertiary/aromatic N) is 1. The van der Waals surface area contributed by atoms with E-state index in [1.165, 1.54) is 6.07 Å². The van der Waals surface area contributed by atoms with Crippen LogP contribution in [0.15, 0.2) is 18.2 Å². The first-order valence-electron chi connectivity index (χ1n) is 6.76. The molecule has 0 bridgehead atoms. The molecule has 1 N–H and O–H groups in total. The number of hydrogen-bond acceptors (Lipinski definition) is 2. The highest BCUT2D eigenvalue weighted by molar-refractivity contribution is 6.30. The zero-order chi connectivity index (χ0) is 14.0. The van der Waals surface area contributed by atoms with Gasteiger partial charge in [0.2, 0.25) is 0 Å². The first kappa shape index (κ1) is 14.8. The lowest BCUT2D eigenvalue weighted by molar-refractivity contribution is 0.0680. The van der Waals surface area contributed by atoms with Gasteiger partial charge in [-0.1, -0.05) is 38.4 Å². The van der Waals surface area contributed by atoms with Gasteiger partial charge in [-0.2, -0.15) is 0 Å². The monoisotopic (exact) mass is 284 g/mol. The molecule has 1 aliphatic rings. The van der Waals surface area contributed by atoms with Crippen molar-refractivity contribution in [2.24, 2.45) is 5.41 Å². The Balaban J connectivity index is 2.15. The molecule has 0 aliphatic carbocycles. The summed E-state index contributed by atoms with van der Waals surface area (Å²) in [6.07, 6.45) is 0. The third kappa shape index (κ3) is 3.68. The van der Waals surface area contributed by atoms with Crippen LogP contribution < -0.4 is 5.32 Å². The van der Waals surface area contributed by atoms with Crippen LogP contribution in [0.3, 0.4) is 0 Å². The molecule has 0 aromatic heterocycles. The molecule has 1 atom stereocenters. The lowest BCUT2D eigenvalue weighted by atomic mass is 9.84. The molecule has 0 saturated carbocycles. The van der Waals surface area contributed by atoms with Gasteiger partial charge in [0.25, 0.3) is 0 Å². The van der Waals surface area contributed by atoms with Gasteiger partial charge in [-0.25, -0.2) is 4.39 Å². The summed E-state index contributed by atoms with van der Waals surface area (Å²) in [7, 11) is 0. The molecule has 4 heteroatoms. The Morgan fingerprint density at radius 1 is 1.42 bits per heavy atom. The van der Waals surface area contributed by atoms with Crippen molar-refractivity contribution in [2.45, 2.75) is 33.4 Å². The topological polar surface area (TPSA) is 15.3 Å². The lowest BCUT2D eigenvalue weighted by Crippen LogP contribution is -2.56. The van der Waals surface area contributed by atoms with Crippen LogP contribution in [-0.2, 0) is 6.54 Å². The summed E-state index contributed by atoms with van der Waals surface area (Å²) in [6.45, 7) is 10.2. The molecule has 19 heavy (non-hydrogen) atoms. The second-order valence-corrected chi connectivity index (χ2v) is 6.73. The number of rotatable bonds is 2. The zero-order valence-electron chi connectivity index (χ0n) is 11.8. The van der Waals surface area contributed by atoms with Crippen molar-refractivity contribution in [3.05, 3.63) is 34.6 Å². The van der Waals surface area contributed by atoms with Gasteiger partial charge in [0.05, 0.1) is 0 Å². The fourth-order valence-electron chi connectivity index (χ4n) is 2.66. The molecule has 2 rings (SSSR count). The Bertz CT molecular complexity index is 442. The van der Waals surface area contributed by atoms with Crippen molar-refractivity contribution >= 4 is 11.6 Å². The van der Waals surface area contributed by atoms with Crippen molar-refractivity contribution in [3.63, 3.8) is 0 Å². The molecule has 2 nitrogen and oxygen atoms in total. The van der Waals surface area contributed by atoms with Crippen LogP contribution in [0.1, 0.15) is 26.3 Å². The van der Waals surface area contributed by atoms with Gasteiger partial charge in [-0.15, -0.1) is 0 Å². The maximum Gasteiger partial charge on any atom is 0.129 e. The van der Waals surface area contributed by atoms with E-state index < -0.39 is 0 Å². The third-order valence-corrected chi connectivity index (χ3v) is 3.98. The van der Waals surface area contributed by atoms with Gasteiger partial charge in [-0.3, -0.25) is 4.90 Å². The number of benzene rings is 1. The van der Waals surface area contributed by atoms with E-state index >= 15 is 0 Å². The van der Waals surface area contributed by atoms with E-state index in [9.17, 15) is 4.39 Å². The molecule has 1 fully saturated rings. The largest absolute Gasteiger partial charge is 0.314 e. The number of piperazine rings is 1. The van der Waals surface area contributed by atoms with Crippen LogP contribution in [0.4, 0.5) is 4.39 Å². The maximum absolute atomic E-state index is 13.9. The summed E-state index contributed by atoms with van der Waals surface area (Å²) in [5, 5.41) is 3.88. The predicted octanol–water partition coefficient (Wildman–Crippen LogP) is 3.30. The van der Waals surface area contributed by atoms with Crippen molar-refractivity contribution in [1.29, 1.82) is 0 Å². The molecule has 1 aromatic rings. The number of halogens is 2. The fourth-order valence-corrected chi connectivity index (χ4v) is 2.82. The lowest BCUT2D eigenvalue weighted by Gasteiger charge is -2.43. The summed E-state index contributed by atoms with van der Waals surface area (Å²) in [6, 6.07) is 5.36. The van der Waals surface area contributed by atoms with Crippen molar-refractivity contribution in [3.8, 4) is 0 Å². The Morgan fingerprint density at radius 3 is 2.79 bits per heavy atom. The predicted molar refractivity (Wildman–Crippen MR) is 77.9 cm³/mol. The Morgan fingerprint density at radius 2 is 2.16 bits per heavy atom. The molecule has 0 spiro atoms. The minimum atomic E-state index is -0.210. The van der Waals surface area contributed by atoms with Gasteiger partial charge < -0.3 is 5.32 Å². The molecule has 0 radical (unpaired) electrons. The molecule has 0 amide bonds. The normalized spacial score (nSPS) is 21.6. The third-order valence-electron chi connectivity index (χ3n) is 3.74. The smallest absolute Gasteiger partial charge is 0.129 e. The summed E-state index contributed by atoms with van der Waals surface area (Å²) >= 11 is 5.80. The zero-order valence-corrected chi connectivity index (χ0v) is 12.6. The van der Waals surface area contributed by atoms with Gasteiger partial charge in [-0.05, 0) is 17.5 Å². The highest BCUT2D eigenvalue weighted by Crippen LogP contribution is 2.27. The maximum atomic E-state index is 13.9. The average Bonchev–Trinajstić information content (AvgIpc) is 2.32. The number of nitrogens with one attached hydrogen (secondary N) is 1. The molecule has 1 saturated heterocycles. The van der Waals surface area contributed by atoms with Crippen LogP contribution in [0.2, 0.25) is 5.02 Å². The molecular formula is C15H22ClFN2. The van der Waals surface area contributed by atoms with Gasteiger partial charge in [0.1, 0.15) is 5.82 Å². The van der Waals surface area contributed by atoms with E-state index in [0.29, 0.717) is 17.6 Å². The van der Waals surface area contributed by atoms with E-state index in [1.807, 2.05) is 0 Å². The quantitative estimate of drug-likeness (QED) is 0.896. The van der Waals surface area contributed by atoms with Crippen LogP contribution >= 0.6 is 11.6 Å². The van der Waals surface area contributed by atoms with E-state index in [4.69, 9.17) is 11.6 Å². The van der Waals surface area contributed by atoms with E-state index in [1.54, 1.807) is 12.1 Å². The second kappa shape index (κ2) is 5.78. The summed E-state index contributed by atoms with van der Waals surface area (Å²) in [5.41, 5.74) is 0.900. The highest BCUT2D eigenvalue weighted by Gasteiger charge is 2.32. The van der Waals surface area contributed by atoms with E-state index in [0.717, 1.165) is 25.2 Å². The average molecular weight is 285 g/mol. The van der Waals surface area contributed by atoms with Gasteiger partial charge in [0, 0.05) is 42.8 Å². The second-order valence-electron chi connectivity index (χ2n) is 6.29. The van der Waals surface area contributed by atoms with Crippen molar-refractivity contribution < 1.29 is 4.39 Å². The summed E-state index contributed by atoms with van der Waals surface area (Å²) < 4.78 is 13.9. The molecule has 1 heterocycles. The number of hydrogen-bond donors (Lipinski definition) is 1. The van der Waals surface area contributed by atoms with E-state index in [2.05, 4.69) is 31.0 Å². The minimum absolute atomic E-state index is 0.177. The minimum Gasteiger partial charge on any atom is -0.314 e. The molecule has 1 aromatic carbocycles. The summed E-state index contributed by atoms with van der Waals surface area (Å²) in [4.78, 5) is 2.36. The fraction of sp³-hybridized carbons (Fsp3) is 0.600. The van der Waals surface area contributed by atoms with Crippen molar-refractivity contribution in [2.75, 3.05) is 19.6 Å². The first-order valence-corrected chi connectivity index (χ1v) is 7.14. The SMILES string of the molecule is CC(C)(C)C1CNCCN1Cc1ccc(Cl)cc1F.